The van der Waals surface area contributed by atoms with E-state index in [0.29, 0.717) is 12.2 Å². The van der Waals surface area contributed by atoms with Gasteiger partial charge >= 0.3 is 0 Å². The van der Waals surface area contributed by atoms with Crippen molar-refractivity contribution in [3.63, 3.8) is 0 Å². The van der Waals surface area contributed by atoms with Gasteiger partial charge in [0.25, 0.3) is 0 Å². The Labute approximate surface area is 48.5 Å². The Bertz CT molecular complexity index is 103. The highest BCUT2D eigenvalue weighted by Crippen LogP contribution is 2.36. The van der Waals surface area contributed by atoms with E-state index in [4.69, 9.17) is 9.84 Å². The molecule has 1 unspecified atom stereocenters. The van der Waals surface area contributed by atoms with Gasteiger partial charge < -0.3 is 9.84 Å². The van der Waals surface area contributed by atoms with Gasteiger partial charge in [0.2, 0.25) is 0 Å². The molecule has 0 radical (unpaired) electrons. The molecule has 1 N–H and O–H groups in total. The van der Waals surface area contributed by atoms with Crippen LogP contribution in [0.25, 0.3) is 0 Å². The van der Waals surface area contributed by atoms with Crippen molar-refractivity contribution in [1.82, 2.24) is 0 Å². The fraction of sp³-hybridized carbons (Fsp3) is 1.00. The van der Waals surface area contributed by atoms with Crippen LogP contribution in [-0.2, 0) is 4.74 Å². The van der Waals surface area contributed by atoms with E-state index in [0.717, 1.165) is 19.3 Å². The summed E-state index contributed by atoms with van der Waals surface area (Å²) in [6.45, 7) is 0. The molecule has 0 bridgehead atoms. The average molecular weight is 114 g/mol. The van der Waals surface area contributed by atoms with E-state index in [1.54, 1.807) is 0 Å². The van der Waals surface area contributed by atoms with Gasteiger partial charge in [0.05, 0.1) is 18.3 Å². The number of fused-ring (bicyclic) bond motifs is 1. The highest BCUT2D eigenvalue weighted by molar-refractivity contribution is 4.91. The molecule has 1 saturated heterocycles. The molecule has 0 amide bonds. The first-order valence-electron chi connectivity index (χ1n) is 3.20. The van der Waals surface area contributed by atoms with E-state index in [2.05, 4.69) is 0 Å². The van der Waals surface area contributed by atoms with Crippen molar-refractivity contribution >= 4 is 0 Å². The molecule has 2 rings (SSSR count). The van der Waals surface area contributed by atoms with Gasteiger partial charge in [0, 0.05) is 6.42 Å². The fourth-order valence-corrected chi connectivity index (χ4v) is 1.38. The highest BCUT2D eigenvalue weighted by Gasteiger charge is 2.43. The summed E-state index contributed by atoms with van der Waals surface area (Å²) in [6.07, 6.45) is 3.79. The normalized spacial score (nSPS) is 52.9. The molecular formula is C6H10O2. The van der Waals surface area contributed by atoms with Gasteiger partial charge in [-0.25, -0.2) is 0 Å². The van der Waals surface area contributed by atoms with Crippen LogP contribution >= 0.6 is 0 Å². The zero-order chi connectivity index (χ0) is 5.56. The van der Waals surface area contributed by atoms with E-state index < -0.39 is 0 Å². The SMILES string of the molecule is OC1CC[C@H]2O[C@@H]2C1. The number of epoxide rings is 1. The summed E-state index contributed by atoms with van der Waals surface area (Å²) in [5.74, 6) is 0. The second-order valence-corrected chi connectivity index (χ2v) is 2.68. The summed E-state index contributed by atoms with van der Waals surface area (Å²) in [5.41, 5.74) is 0. The average Bonchev–Trinajstić information content (AvgIpc) is 2.43. The van der Waals surface area contributed by atoms with Crippen LogP contribution < -0.4 is 0 Å². The smallest absolute Gasteiger partial charge is 0.0866 e. The van der Waals surface area contributed by atoms with E-state index in [9.17, 15) is 0 Å². The van der Waals surface area contributed by atoms with Crippen LogP contribution in [0.5, 0.6) is 0 Å². The maximum absolute atomic E-state index is 9.03. The summed E-state index contributed by atoms with van der Waals surface area (Å²) < 4.78 is 5.19. The first-order valence-corrected chi connectivity index (χ1v) is 3.20. The molecule has 1 heterocycles. The van der Waals surface area contributed by atoms with Crippen molar-refractivity contribution in [2.45, 2.75) is 37.6 Å². The minimum absolute atomic E-state index is 0.0706. The molecule has 0 aromatic rings. The molecule has 0 aromatic heterocycles. The number of aliphatic hydroxyl groups excluding tert-OH is 1. The predicted octanol–water partition coefficient (Wildman–Crippen LogP) is 0.299. The van der Waals surface area contributed by atoms with Crippen molar-refractivity contribution in [3.05, 3.63) is 0 Å². The van der Waals surface area contributed by atoms with Gasteiger partial charge in [0.15, 0.2) is 0 Å². The number of ether oxygens (including phenoxy) is 1. The highest BCUT2D eigenvalue weighted by atomic mass is 16.6. The second kappa shape index (κ2) is 1.45. The standard InChI is InChI=1S/C6H10O2/c7-4-1-2-5-6(3-4)8-5/h4-7H,1-3H2/t4?,5-,6-/m1/s1. The van der Waals surface area contributed by atoms with Crippen molar-refractivity contribution in [2.24, 2.45) is 0 Å². The van der Waals surface area contributed by atoms with Crippen molar-refractivity contribution in [1.29, 1.82) is 0 Å². The first-order chi connectivity index (χ1) is 3.86. The van der Waals surface area contributed by atoms with Crippen LogP contribution in [0.2, 0.25) is 0 Å². The molecule has 46 valence electrons. The van der Waals surface area contributed by atoms with Crippen molar-refractivity contribution in [2.75, 3.05) is 0 Å². The Kier molecular flexibility index (Phi) is 0.866. The lowest BCUT2D eigenvalue weighted by Crippen LogP contribution is -2.17. The van der Waals surface area contributed by atoms with Gasteiger partial charge in [-0.05, 0) is 12.8 Å². The van der Waals surface area contributed by atoms with E-state index in [1.807, 2.05) is 0 Å². The third-order valence-electron chi connectivity index (χ3n) is 1.98. The Morgan fingerprint density at radius 2 is 2.12 bits per heavy atom. The second-order valence-electron chi connectivity index (χ2n) is 2.68. The molecule has 3 atom stereocenters. The Hall–Kier alpha value is -0.0800. The molecular weight excluding hydrogens is 104 g/mol. The lowest BCUT2D eigenvalue weighted by Gasteiger charge is -2.10. The third-order valence-corrected chi connectivity index (χ3v) is 1.98. The fourth-order valence-electron chi connectivity index (χ4n) is 1.38. The van der Waals surface area contributed by atoms with Crippen LogP contribution in [0.4, 0.5) is 0 Å². The Balaban J connectivity index is 1.93. The van der Waals surface area contributed by atoms with E-state index in [1.165, 1.54) is 0 Å². The number of rotatable bonds is 0. The maximum Gasteiger partial charge on any atom is 0.0866 e. The Morgan fingerprint density at radius 1 is 1.25 bits per heavy atom. The predicted molar refractivity (Wildman–Crippen MR) is 28.5 cm³/mol. The number of hydrogen-bond acceptors (Lipinski definition) is 2. The quantitative estimate of drug-likeness (QED) is 0.459. The number of aliphatic hydroxyl groups is 1. The van der Waals surface area contributed by atoms with Crippen LogP contribution in [0.15, 0.2) is 0 Å². The lowest BCUT2D eigenvalue weighted by molar-refractivity contribution is 0.139. The molecule has 0 aromatic carbocycles. The minimum atomic E-state index is -0.0706. The number of hydrogen-bond donors (Lipinski definition) is 1. The molecule has 2 heteroatoms. The minimum Gasteiger partial charge on any atom is -0.393 e. The summed E-state index contributed by atoms with van der Waals surface area (Å²) in [7, 11) is 0. The van der Waals surface area contributed by atoms with Gasteiger partial charge in [0.1, 0.15) is 0 Å². The monoisotopic (exact) mass is 114 g/mol. The summed E-state index contributed by atoms with van der Waals surface area (Å²) in [6, 6.07) is 0. The largest absolute Gasteiger partial charge is 0.393 e. The zero-order valence-corrected chi connectivity index (χ0v) is 4.71. The molecule has 2 nitrogen and oxygen atoms in total. The van der Waals surface area contributed by atoms with Gasteiger partial charge in [-0.3, -0.25) is 0 Å². The van der Waals surface area contributed by atoms with Crippen LogP contribution in [0.3, 0.4) is 0 Å². The molecule has 2 aliphatic rings. The molecule has 1 aliphatic carbocycles. The van der Waals surface area contributed by atoms with Gasteiger partial charge in [-0.2, -0.15) is 0 Å². The molecule has 0 spiro atoms. The first kappa shape index (κ1) is 4.77. The van der Waals surface area contributed by atoms with Crippen molar-refractivity contribution in [3.8, 4) is 0 Å². The summed E-state index contributed by atoms with van der Waals surface area (Å²) >= 11 is 0. The van der Waals surface area contributed by atoms with Gasteiger partial charge in [-0.15, -0.1) is 0 Å². The van der Waals surface area contributed by atoms with Gasteiger partial charge in [-0.1, -0.05) is 0 Å². The van der Waals surface area contributed by atoms with Crippen LogP contribution in [0.1, 0.15) is 19.3 Å². The topological polar surface area (TPSA) is 32.8 Å². The summed E-state index contributed by atoms with van der Waals surface area (Å²) in [5, 5.41) is 9.03. The third kappa shape index (κ3) is 0.644. The Morgan fingerprint density at radius 3 is 2.75 bits per heavy atom. The molecule has 8 heavy (non-hydrogen) atoms. The zero-order valence-electron chi connectivity index (χ0n) is 4.71. The van der Waals surface area contributed by atoms with E-state index in [-0.39, 0.29) is 6.10 Å². The van der Waals surface area contributed by atoms with Crippen LogP contribution in [-0.4, -0.2) is 23.4 Å². The molecule has 1 saturated carbocycles. The van der Waals surface area contributed by atoms with Crippen LogP contribution in [0, 0.1) is 0 Å². The maximum atomic E-state index is 9.03. The van der Waals surface area contributed by atoms with Crippen molar-refractivity contribution < 1.29 is 9.84 Å². The molecule has 2 fully saturated rings. The molecule has 1 aliphatic heterocycles. The van der Waals surface area contributed by atoms with E-state index >= 15 is 0 Å². The summed E-state index contributed by atoms with van der Waals surface area (Å²) in [4.78, 5) is 0. The lowest BCUT2D eigenvalue weighted by atomic mass is 9.98.